The summed E-state index contributed by atoms with van der Waals surface area (Å²) in [7, 11) is -4.10. The fraction of sp³-hybridized carbons (Fsp3) is 0.417. The SMILES string of the molecule is NS(=O)(=O)c1cc(F)c(Cl)c(C(=O)N2CCCCC2)c1. The van der Waals surface area contributed by atoms with Crippen LogP contribution >= 0.6 is 11.6 Å². The molecule has 0 bridgehead atoms. The van der Waals surface area contributed by atoms with Gasteiger partial charge in [0.1, 0.15) is 5.82 Å². The van der Waals surface area contributed by atoms with E-state index in [9.17, 15) is 17.6 Å². The average molecular weight is 321 g/mol. The van der Waals surface area contributed by atoms with Gasteiger partial charge in [-0.1, -0.05) is 11.6 Å². The highest BCUT2D eigenvalue weighted by Gasteiger charge is 2.24. The predicted octanol–water partition coefficient (Wildman–Crippen LogP) is 1.75. The minimum absolute atomic E-state index is 0.169. The summed E-state index contributed by atoms with van der Waals surface area (Å²) in [4.78, 5) is 13.4. The maximum absolute atomic E-state index is 13.7. The van der Waals surface area contributed by atoms with Crippen molar-refractivity contribution < 1.29 is 17.6 Å². The van der Waals surface area contributed by atoms with E-state index in [1.54, 1.807) is 0 Å². The maximum atomic E-state index is 13.7. The van der Waals surface area contributed by atoms with E-state index in [1.165, 1.54) is 4.90 Å². The molecule has 5 nitrogen and oxygen atoms in total. The molecule has 2 rings (SSSR count). The number of piperidine rings is 1. The fourth-order valence-corrected chi connectivity index (χ4v) is 2.89. The van der Waals surface area contributed by atoms with Gasteiger partial charge < -0.3 is 4.90 Å². The van der Waals surface area contributed by atoms with Crippen LogP contribution in [0.1, 0.15) is 29.6 Å². The summed E-state index contributed by atoms with van der Waals surface area (Å²) in [5.41, 5.74) is -0.169. The Morgan fingerprint density at radius 1 is 1.25 bits per heavy atom. The number of hydrogen-bond acceptors (Lipinski definition) is 3. The van der Waals surface area contributed by atoms with Crippen LogP contribution in [-0.2, 0) is 10.0 Å². The molecule has 0 saturated carbocycles. The lowest BCUT2D eigenvalue weighted by Crippen LogP contribution is -2.36. The predicted molar refractivity (Wildman–Crippen MR) is 72.5 cm³/mol. The van der Waals surface area contributed by atoms with E-state index in [-0.39, 0.29) is 10.6 Å². The molecule has 0 radical (unpaired) electrons. The summed E-state index contributed by atoms with van der Waals surface area (Å²) < 4.78 is 36.3. The quantitative estimate of drug-likeness (QED) is 0.901. The van der Waals surface area contributed by atoms with Crippen LogP contribution in [0.3, 0.4) is 0 Å². The molecular weight excluding hydrogens is 307 g/mol. The van der Waals surface area contributed by atoms with E-state index >= 15 is 0 Å². The van der Waals surface area contributed by atoms with Crippen LogP contribution in [0.5, 0.6) is 0 Å². The lowest BCUT2D eigenvalue weighted by Gasteiger charge is -2.27. The molecule has 110 valence electrons. The second kappa shape index (κ2) is 5.67. The van der Waals surface area contributed by atoms with Crippen molar-refractivity contribution in [3.05, 3.63) is 28.5 Å². The third kappa shape index (κ3) is 3.11. The number of sulfonamides is 1. The van der Waals surface area contributed by atoms with Gasteiger partial charge in [0, 0.05) is 13.1 Å². The Balaban J connectivity index is 2.44. The number of carbonyl (C=O) groups excluding carboxylic acids is 1. The Morgan fingerprint density at radius 3 is 2.40 bits per heavy atom. The minimum atomic E-state index is -4.10. The van der Waals surface area contributed by atoms with Crippen LogP contribution in [0.4, 0.5) is 4.39 Å². The van der Waals surface area contributed by atoms with Gasteiger partial charge in [0.05, 0.1) is 15.5 Å². The molecule has 0 aliphatic carbocycles. The number of nitrogens with two attached hydrogens (primary N) is 1. The Labute approximate surface area is 121 Å². The lowest BCUT2D eigenvalue weighted by atomic mass is 10.1. The molecule has 1 aromatic rings. The first kappa shape index (κ1) is 15.2. The van der Waals surface area contributed by atoms with Crippen LogP contribution < -0.4 is 5.14 Å². The van der Waals surface area contributed by atoms with Crippen LogP contribution in [0.15, 0.2) is 17.0 Å². The second-order valence-corrected chi connectivity index (χ2v) is 6.60. The number of carbonyl (C=O) groups is 1. The van der Waals surface area contributed by atoms with Gasteiger partial charge in [0.2, 0.25) is 10.0 Å². The molecule has 1 heterocycles. The molecule has 1 aliphatic rings. The van der Waals surface area contributed by atoms with Gasteiger partial charge in [-0.2, -0.15) is 0 Å². The van der Waals surface area contributed by atoms with E-state index < -0.39 is 26.6 Å². The molecular formula is C12H14ClFN2O3S. The molecule has 20 heavy (non-hydrogen) atoms. The molecule has 2 N–H and O–H groups in total. The topological polar surface area (TPSA) is 80.5 Å². The molecule has 0 aromatic heterocycles. The van der Waals surface area contributed by atoms with Gasteiger partial charge in [-0.3, -0.25) is 4.79 Å². The molecule has 1 fully saturated rings. The summed E-state index contributed by atoms with van der Waals surface area (Å²) in [5.74, 6) is -1.45. The van der Waals surface area contributed by atoms with Crippen molar-refractivity contribution in [3.63, 3.8) is 0 Å². The van der Waals surface area contributed by atoms with Crippen molar-refractivity contribution in [1.29, 1.82) is 0 Å². The van der Waals surface area contributed by atoms with Crippen LogP contribution in [0, 0.1) is 5.82 Å². The number of amides is 1. The number of halogens is 2. The van der Waals surface area contributed by atoms with E-state index in [4.69, 9.17) is 16.7 Å². The molecule has 1 aromatic carbocycles. The summed E-state index contributed by atoms with van der Waals surface area (Å²) in [6.45, 7) is 1.10. The van der Waals surface area contributed by atoms with E-state index in [1.807, 2.05) is 0 Å². The number of benzene rings is 1. The zero-order valence-corrected chi connectivity index (χ0v) is 12.2. The van der Waals surface area contributed by atoms with E-state index in [0.29, 0.717) is 19.2 Å². The van der Waals surface area contributed by atoms with Crippen molar-refractivity contribution in [2.24, 2.45) is 5.14 Å². The largest absolute Gasteiger partial charge is 0.339 e. The highest BCUT2D eigenvalue weighted by atomic mass is 35.5. The van der Waals surface area contributed by atoms with Crippen LogP contribution in [-0.4, -0.2) is 32.3 Å². The summed E-state index contributed by atoms with van der Waals surface area (Å²) in [6.07, 6.45) is 2.75. The van der Waals surface area contributed by atoms with Crippen LogP contribution in [0.2, 0.25) is 5.02 Å². The summed E-state index contributed by atoms with van der Waals surface area (Å²) in [6, 6.07) is 1.74. The molecule has 0 atom stereocenters. The summed E-state index contributed by atoms with van der Waals surface area (Å²) >= 11 is 5.77. The van der Waals surface area contributed by atoms with Gasteiger partial charge in [0.25, 0.3) is 5.91 Å². The van der Waals surface area contributed by atoms with E-state index in [2.05, 4.69) is 0 Å². The fourth-order valence-electron chi connectivity index (χ4n) is 2.15. The monoisotopic (exact) mass is 320 g/mol. The molecule has 1 amide bonds. The van der Waals surface area contributed by atoms with Gasteiger partial charge >= 0.3 is 0 Å². The number of primary sulfonamides is 1. The van der Waals surface area contributed by atoms with Gasteiger partial charge in [-0.05, 0) is 31.4 Å². The van der Waals surface area contributed by atoms with E-state index in [0.717, 1.165) is 25.3 Å². The first-order valence-electron chi connectivity index (χ1n) is 6.12. The van der Waals surface area contributed by atoms with Gasteiger partial charge in [0.15, 0.2) is 0 Å². The average Bonchev–Trinajstić information content (AvgIpc) is 2.40. The minimum Gasteiger partial charge on any atom is -0.339 e. The first-order chi connectivity index (χ1) is 9.30. The van der Waals surface area contributed by atoms with Crippen molar-refractivity contribution in [2.75, 3.05) is 13.1 Å². The van der Waals surface area contributed by atoms with Gasteiger partial charge in [-0.25, -0.2) is 17.9 Å². The number of hydrogen-bond donors (Lipinski definition) is 1. The standard InChI is InChI=1S/C12H14ClFN2O3S/c13-11-9(12(17)16-4-2-1-3-5-16)6-8(7-10(11)14)20(15,18)19/h6-7H,1-5H2,(H2,15,18,19). The third-order valence-corrected chi connectivity index (χ3v) is 4.48. The molecule has 1 saturated heterocycles. The van der Waals surface area contributed by atoms with Crippen molar-refractivity contribution in [3.8, 4) is 0 Å². The first-order valence-corrected chi connectivity index (χ1v) is 8.04. The molecule has 8 heteroatoms. The molecule has 1 aliphatic heterocycles. The Bertz CT molecular complexity index is 642. The third-order valence-electron chi connectivity index (χ3n) is 3.20. The highest BCUT2D eigenvalue weighted by molar-refractivity contribution is 7.89. The Morgan fingerprint density at radius 2 is 1.85 bits per heavy atom. The summed E-state index contributed by atoms with van der Waals surface area (Å²) in [5, 5.41) is 4.58. The highest BCUT2D eigenvalue weighted by Crippen LogP contribution is 2.26. The van der Waals surface area contributed by atoms with Crippen LogP contribution in [0.25, 0.3) is 0 Å². The zero-order valence-electron chi connectivity index (χ0n) is 10.6. The number of nitrogens with zero attached hydrogens (tertiary/aromatic N) is 1. The Hall–Kier alpha value is -1.18. The second-order valence-electron chi connectivity index (χ2n) is 4.66. The molecule has 0 spiro atoms. The smallest absolute Gasteiger partial charge is 0.255 e. The number of rotatable bonds is 2. The maximum Gasteiger partial charge on any atom is 0.255 e. The number of likely N-dealkylation sites (tertiary alicyclic amines) is 1. The van der Waals surface area contributed by atoms with Crippen molar-refractivity contribution in [2.45, 2.75) is 24.2 Å². The zero-order chi connectivity index (χ0) is 14.9. The molecule has 0 unspecified atom stereocenters. The van der Waals surface area contributed by atoms with Crippen molar-refractivity contribution in [1.82, 2.24) is 4.90 Å². The van der Waals surface area contributed by atoms with Crippen molar-refractivity contribution >= 4 is 27.5 Å². The normalized spacial score (nSPS) is 16.2. The lowest BCUT2D eigenvalue weighted by molar-refractivity contribution is 0.0723. The van der Waals surface area contributed by atoms with Gasteiger partial charge in [-0.15, -0.1) is 0 Å². The Kier molecular flexibility index (Phi) is 4.31.